The Morgan fingerprint density at radius 1 is 1.25 bits per heavy atom. The molecule has 32 heavy (non-hydrogen) atoms. The Hall–Kier alpha value is -2.78. The molecule has 1 saturated heterocycles. The van der Waals surface area contributed by atoms with Crippen LogP contribution in [0.3, 0.4) is 0 Å². The highest BCUT2D eigenvalue weighted by Gasteiger charge is 2.34. The first-order valence-corrected chi connectivity index (χ1v) is 11.6. The molecular formula is C23H29N5O3S. The molecule has 170 valence electrons. The van der Waals surface area contributed by atoms with E-state index in [0.717, 1.165) is 18.4 Å². The van der Waals surface area contributed by atoms with Crippen LogP contribution in [0.25, 0.3) is 10.3 Å². The van der Waals surface area contributed by atoms with Gasteiger partial charge in [0.1, 0.15) is 4.70 Å². The number of carbonyl (C=O) groups excluding carboxylic acids is 2. The summed E-state index contributed by atoms with van der Waals surface area (Å²) >= 11 is 1.28. The van der Waals surface area contributed by atoms with Crippen molar-refractivity contribution in [1.29, 1.82) is 0 Å². The number of aromatic nitrogens is 3. The number of hydrogen-bond donors (Lipinski definition) is 1. The summed E-state index contributed by atoms with van der Waals surface area (Å²) in [5.74, 6) is -0.345. The molecule has 3 aromatic rings. The number of carbonyl (C=O) groups is 2. The van der Waals surface area contributed by atoms with Gasteiger partial charge in [0.05, 0.1) is 18.2 Å². The van der Waals surface area contributed by atoms with E-state index in [4.69, 9.17) is 4.74 Å². The van der Waals surface area contributed by atoms with Gasteiger partial charge >= 0.3 is 0 Å². The van der Waals surface area contributed by atoms with Crippen molar-refractivity contribution >= 4 is 38.6 Å². The highest BCUT2D eigenvalue weighted by atomic mass is 32.1. The fourth-order valence-electron chi connectivity index (χ4n) is 3.94. The van der Waals surface area contributed by atoms with Crippen molar-refractivity contribution in [3.63, 3.8) is 0 Å². The van der Waals surface area contributed by atoms with Crippen LogP contribution < -0.4 is 5.32 Å². The number of benzene rings is 1. The molecule has 8 nitrogen and oxygen atoms in total. The van der Waals surface area contributed by atoms with Gasteiger partial charge in [-0.3, -0.25) is 14.9 Å². The first-order valence-electron chi connectivity index (χ1n) is 10.8. The van der Waals surface area contributed by atoms with E-state index in [2.05, 4.69) is 15.4 Å². The van der Waals surface area contributed by atoms with Crippen LogP contribution in [0.2, 0.25) is 0 Å². The van der Waals surface area contributed by atoms with Gasteiger partial charge in [-0.05, 0) is 52.7 Å². The lowest BCUT2D eigenvalue weighted by Gasteiger charge is -2.23. The van der Waals surface area contributed by atoms with Crippen molar-refractivity contribution in [3.8, 4) is 0 Å². The van der Waals surface area contributed by atoms with Crippen LogP contribution in [0.15, 0.2) is 24.3 Å². The van der Waals surface area contributed by atoms with E-state index in [1.807, 2.05) is 44.7 Å². The zero-order valence-electron chi connectivity index (χ0n) is 19.1. The minimum absolute atomic E-state index is 0.0518. The summed E-state index contributed by atoms with van der Waals surface area (Å²) in [7, 11) is 1.65. The van der Waals surface area contributed by atoms with E-state index < -0.39 is 0 Å². The molecule has 3 heterocycles. The van der Waals surface area contributed by atoms with Gasteiger partial charge in [-0.15, -0.1) is 0 Å². The third-order valence-corrected chi connectivity index (χ3v) is 6.56. The third kappa shape index (κ3) is 4.27. The number of ether oxygens (including phenoxy) is 1. The standard InChI is InChI=1S/C23H29N5O3S/c1-14-8-10-15(11-9-14)20(29)25-22-24-19-18(32-22)17(26-28(19)23(2,3)4)21(30)27-12-6-7-16(27)13-31-5/h8-11,16H,6-7,12-13H2,1-5H3,(H,24,25,29)/t16-/m0/s1. The normalized spacial score (nSPS) is 16.7. The molecule has 0 saturated carbocycles. The van der Waals surface area contributed by atoms with Crippen molar-refractivity contribution in [2.24, 2.45) is 0 Å². The fourth-order valence-corrected chi connectivity index (χ4v) is 4.86. The molecule has 1 aromatic carbocycles. The third-order valence-electron chi connectivity index (χ3n) is 5.59. The van der Waals surface area contributed by atoms with Crippen LogP contribution in [0.4, 0.5) is 5.13 Å². The second-order valence-corrected chi connectivity index (χ2v) is 10.2. The lowest BCUT2D eigenvalue weighted by atomic mass is 10.1. The molecule has 0 radical (unpaired) electrons. The van der Waals surface area contributed by atoms with Gasteiger partial charge in [-0.25, -0.2) is 4.68 Å². The molecule has 9 heteroatoms. The fraction of sp³-hybridized carbons (Fsp3) is 0.478. The van der Waals surface area contributed by atoms with Gasteiger partial charge in [-0.1, -0.05) is 29.0 Å². The Morgan fingerprint density at radius 3 is 2.62 bits per heavy atom. The van der Waals surface area contributed by atoms with Crippen molar-refractivity contribution in [2.75, 3.05) is 25.6 Å². The summed E-state index contributed by atoms with van der Waals surface area (Å²) < 4.78 is 7.77. The lowest BCUT2D eigenvalue weighted by Crippen LogP contribution is -2.38. The van der Waals surface area contributed by atoms with Gasteiger partial charge in [0.2, 0.25) is 0 Å². The maximum atomic E-state index is 13.5. The monoisotopic (exact) mass is 455 g/mol. The number of likely N-dealkylation sites (tertiary alicyclic amines) is 1. The maximum Gasteiger partial charge on any atom is 0.276 e. The number of anilines is 1. The van der Waals surface area contributed by atoms with Crippen molar-refractivity contribution in [1.82, 2.24) is 19.7 Å². The van der Waals surface area contributed by atoms with Crippen LogP contribution in [-0.4, -0.2) is 57.8 Å². The second kappa shape index (κ2) is 8.63. The molecular weight excluding hydrogens is 426 g/mol. The first-order chi connectivity index (χ1) is 15.2. The average molecular weight is 456 g/mol. The van der Waals surface area contributed by atoms with E-state index in [1.54, 1.807) is 23.9 Å². The van der Waals surface area contributed by atoms with E-state index in [-0.39, 0.29) is 23.4 Å². The Labute approximate surface area is 191 Å². The molecule has 0 aliphatic carbocycles. The zero-order chi connectivity index (χ0) is 23.0. The molecule has 2 aromatic heterocycles. The molecule has 0 spiro atoms. The summed E-state index contributed by atoms with van der Waals surface area (Å²) in [6, 6.07) is 7.42. The number of thiazole rings is 1. The molecule has 2 amide bonds. The minimum Gasteiger partial charge on any atom is -0.383 e. The Bertz CT molecular complexity index is 1140. The molecule has 0 bridgehead atoms. The van der Waals surface area contributed by atoms with Crippen LogP contribution in [0, 0.1) is 6.92 Å². The van der Waals surface area contributed by atoms with Gasteiger partial charge in [-0.2, -0.15) is 10.1 Å². The molecule has 1 atom stereocenters. The smallest absolute Gasteiger partial charge is 0.276 e. The zero-order valence-corrected chi connectivity index (χ0v) is 20.0. The van der Waals surface area contributed by atoms with Gasteiger partial charge in [0.25, 0.3) is 11.8 Å². The number of rotatable bonds is 5. The van der Waals surface area contributed by atoms with E-state index in [1.165, 1.54) is 11.3 Å². The lowest BCUT2D eigenvalue weighted by molar-refractivity contribution is 0.0625. The van der Waals surface area contributed by atoms with Crippen LogP contribution >= 0.6 is 11.3 Å². The predicted molar refractivity (Wildman–Crippen MR) is 125 cm³/mol. The number of fused-ring (bicyclic) bond motifs is 1. The number of methoxy groups -OCH3 is 1. The minimum atomic E-state index is -0.375. The van der Waals surface area contributed by atoms with E-state index in [0.29, 0.717) is 39.9 Å². The predicted octanol–water partition coefficient (Wildman–Crippen LogP) is 4.06. The quantitative estimate of drug-likeness (QED) is 0.627. The average Bonchev–Trinajstić information content (AvgIpc) is 3.42. The molecule has 1 fully saturated rings. The number of hydrogen-bond acceptors (Lipinski definition) is 6. The number of nitrogens with one attached hydrogen (secondary N) is 1. The van der Waals surface area contributed by atoms with Gasteiger partial charge in [0.15, 0.2) is 16.5 Å². The van der Waals surface area contributed by atoms with Crippen LogP contribution in [0.5, 0.6) is 0 Å². The van der Waals surface area contributed by atoms with Crippen molar-refractivity contribution in [2.45, 2.75) is 52.1 Å². The SMILES string of the molecule is COC[C@@H]1CCCN1C(=O)c1nn(C(C)(C)C)c2nc(NC(=O)c3ccc(C)cc3)sc12. The summed E-state index contributed by atoms with van der Waals surface area (Å²) in [6.07, 6.45) is 1.87. The summed E-state index contributed by atoms with van der Waals surface area (Å²) in [5.41, 5.74) is 2.26. The molecule has 1 aliphatic rings. The van der Waals surface area contributed by atoms with Gasteiger partial charge in [0, 0.05) is 19.2 Å². The van der Waals surface area contributed by atoms with Crippen LogP contribution in [0.1, 0.15) is 60.0 Å². The summed E-state index contributed by atoms with van der Waals surface area (Å²) in [5, 5.41) is 8.00. The Balaban J connectivity index is 1.69. The van der Waals surface area contributed by atoms with Crippen molar-refractivity contribution < 1.29 is 14.3 Å². The van der Waals surface area contributed by atoms with Gasteiger partial charge < -0.3 is 9.64 Å². The first kappa shape index (κ1) is 22.4. The Morgan fingerprint density at radius 2 is 1.97 bits per heavy atom. The largest absolute Gasteiger partial charge is 0.383 e. The van der Waals surface area contributed by atoms with E-state index in [9.17, 15) is 9.59 Å². The molecule has 1 aliphatic heterocycles. The number of nitrogens with zero attached hydrogens (tertiary/aromatic N) is 4. The topological polar surface area (TPSA) is 89.3 Å². The maximum absolute atomic E-state index is 13.5. The number of aryl methyl sites for hydroxylation is 1. The second-order valence-electron chi connectivity index (χ2n) is 9.17. The van der Waals surface area contributed by atoms with E-state index >= 15 is 0 Å². The highest BCUT2D eigenvalue weighted by Crippen LogP contribution is 2.34. The molecule has 1 N–H and O–H groups in total. The molecule has 4 rings (SSSR count). The number of amides is 2. The molecule has 0 unspecified atom stereocenters. The highest BCUT2D eigenvalue weighted by molar-refractivity contribution is 7.22. The van der Waals surface area contributed by atoms with Crippen LogP contribution in [-0.2, 0) is 10.3 Å². The summed E-state index contributed by atoms with van der Waals surface area (Å²) in [4.78, 5) is 32.6. The van der Waals surface area contributed by atoms with Crippen molar-refractivity contribution in [3.05, 3.63) is 41.1 Å². The Kier molecular flexibility index (Phi) is 6.05. The summed E-state index contributed by atoms with van der Waals surface area (Å²) in [6.45, 7) is 9.22.